The van der Waals surface area contributed by atoms with Crippen LogP contribution in [0.3, 0.4) is 0 Å². The Kier molecular flexibility index (Phi) is 5.21. The molecule has 0 aliphatic rings. The summed E-state index contributed by atoms with van der Waals surface area (Å²) in [6, 6.07) is 7.33. The van der Waals surface area contributed by atoms with Crippen LogP contribution in [0.4, 0.5) is 0 Å². The van der Waals surface area contributed by atoms with Crippen molar-refractivity contribution in [2.45, 2.75) is 12.3 Å². The summed E-state index contributed by atoms with van der Waals surface area (Å²) >= 11 is 0. The third-order valence-electron chi connectivity index (χ3n) is 2.39. The van der Waals surface area contributed by atoms with Gasteiger partial charge in [-0.2, -0.15) is 0 Å². The van der Waals surface area contributed by atoms with Gasteiger partial charge in [0, 0.05) is 14.2 Å². The van der Waals surface area contributed by atoms with Gasteiger partial charge >= 0.3 is 0 Å². The topological polar surface area (TPSA) is 65.7 Å². The Morgan fingerprint density at radius 1 is 1.06 bits per heavy atom. The molecule has 0 radical (unpaired) electrons. The molecule has 1 atom stereocenters. The van der Waals surface area contributed by atoms with E-state index in [1.54, 1.807) is 21.3 Å². The lowest BCUT2D eigenvalue weighted by Gasteiger charge is -2.24. The van der Waals surface area contributed by atoms with Crippen molar-refractivity contribution in [2.75, 3.05) is 21.3 Å². The van der Waals surface area contributed by atoms with Gasteiger partial charge in [0.05, 0.1) is 13.2 Å². The molecule has 90 valence electrons. The minimum Gasteiger partial charge on any atom is -0.497 e. The van der Waals surface area contributed by atoms with E-state index < -0.39 is 6.29 Å². The average molecular weight is 226 g/mol. The predicted molar refractivity (Wildman–Crippen MR) is 60.9 cm³/mol. The van der Waals surface area contributed by atoms with Gasteiger partial charge in [0.15, 0.2) is 6.29 Å². The quantitative estimate of drug-likeness (QED) is 0.427. The Hall–Kier alpha value is -1.14. The van der Waals surface area contributed by atoms with Crippen LogP contribution in [0.2, 0.25) is 0 Å². The maximum atomic E-state index is 5.49. The van der Waals surface area contributed by atoms with Gasteiger partial charge in [-0.25, -0.2) is 5.43 Å². The molecule has 1 aromatic rings. The molecule has 5 heteroatoms. The Bertz CT molecular complexity index is 299. The van der Waals surface area contributed by atoms with Crippen molar-refractivity contribution in [1.29, 1.82) is 0 Å². The van der Waals surface area contributed by atoms with Crippen LogP contribution in [-0.4, -0.2) is 27.6 Å². The first-order valence-corrected chi connectivity index (χ1v) is 4.92. The zero-order chi connectivity index (χ0) is 12.0. The molecular weight excluding hydrogens is 208 g/mol. The molecule has 16 heavy (non-hydrogen) atoms. The number of hydrazine groups is 1. The highest BCUT2D eigenvalue weighted by molar-refractivity contribution is 5.29. The summed E-state index contributed by atoms with van der Waals surface area (Å²) in [6.45, 7) is 0. The molecule has 1 unspecified atom stereocenters. The van der Waals surface area contributed by atoms with Gasteiger partial charge in [-0.15, -0.1) is 0 Å². The van der Waals surface area contributed by atoms with Crippen molar-refractivity contribution in [3.8, 4) is 5.75 Å². The second kappa shape index (κ2) is 6.44. The molecular formula is C11H18N2O3. The van der Waals surface area contributed by atoms with E-state index in [-0.39, 0.29) is 6.04 Å². The summed E-state index contributed by atoms with van der Waals surface area (Å²) < 4.78 is 15.4. The molecule has 0 bridgehead atoms. The highest BCUT2D eigenvalue weighted by Gasteiger charge is 2.21. The number of hydrogen-bond acceptors (Lipinski definition) is 5. The van der Waals surface area contributed by atoms with Crippen LogP contribution < -0.4 is 16.0 Å². The van der Waals surface area contributed by atoms with Crippen LogP contribution in [0, 0.1) is 0 Å². The average Bonchev–Trinajstić information content (AvgIpc) is 2.36. The van der Waals surface area contributed by atoms with E-state index in [0.29, 0.717) is 0 Å². The first-order chi connectivity index (χ1) is 7.76. The molecule has 0 spiro atoms. The Morgan fingerprint density at radius 3 is 2.00 bits per heavy atom. The summed E-state index contributed by atoms with van der Waals surface area (Å²) in [6.07, 6.45) is -0.432. The van der Waals surface area contributed by atoms with E-state index in [1.807, 2.05) is 24.3 Å². The Labute approximate surface area is 95.5 Å². The van der Waals surface area contributed by atoms with Crippen LogP contribution in [0.25, 0.3) is 0 Å². The van der Waals surface area contributed by atoms with Crippen LogP contribution in [0.1, 0.15) is 11.6 Å². The van der Waals surface area contributed by atoms with Crippen LogP contribution in [0.15, 0.2) is 24.3 Å². The first-order valence-electron chi connectivity index (χ1n) is 4.92. The van der Waals surface area contributed by atoms with Crippen LogP contribution in [0.5, 0.6) is 5.75 Å². The third-order valence-corrected chi connectivity index (χ3v) is 2.39. The maximum absolute atomic E-state index is 5.49. The van der Waals surface area contributed by atoms with Crippen molar-refractivity contribution in [1.82, 2.24) is 5.43 Å². The van der Waals surface area contributed by atoms with Crippen molar-refractivity contribution in [3.05, 3.63) is 29.8 Å². The second-order valence-electron chi connectivity index (χ2n) is 3.26. The fourth-order valence-electron chi connectivity index (χ4n) is 1.51. The van der Waals surface area contributed by atoms with Crippen molar-refractivity contribution < 1.29 is 14.2 Å². The summed E-state index contributed by atoms with van der Waals surface area (Å²) in [5.74, 6) is 6.28. The smallest absolute Gasteiger partial charge is 0.177 e. The van der Waals surface area contributed by atoms with Gasteiger partial charge in [-0.1, -0.05) is 12.1 Å². The highest BCUT2D eigenvalue weighted by Crippen LogP contribution is 2.21. The first kappa shape index (κ1) is 12.9. The van der Waals surface area contributed by atoms with Gasteiger partial charge in [0.25, 0.3) is 0 Å². The lowest BCUT2D eigenvalue weighted by atomic mass is 10.1. The van der Waals surface area contributed by atoms with E-state index in [2.05, 4.69) is 5.43 Å². The highest BCUT2D eigenvalue weighted by atomic mass is 16.7. The van der Waals surface area contributed by atoms with Crippen molar-refractivity contribution >= 4 is 0 Å². The molecule has 3 N–H and O–H groups in total. The molecule has 0 fully saturated rings. The van der Waals surface area contributed by atoms with E-state index in [4.69, 9.17) is 20.1 Å². The number of rotatable bonds is 6. The summed E-state index contributed by atoms with van der Waals surface area (Å²) in [5, 5.41) is 0. The molecule has 0 aliphatic carbocycles. The van der Waals surface area contributed by atoms with Crippen molar-refractivity contribution in [2.24, 2.45) is 5.84 Å². The molecule has 0 aromatic heterocycles. The third kappa shape index (κ3) is 2.93. The van der Waals surface area contributed by atoms with Crippen LogP contribution >= 0.6 is 0 Å². The number of hydrogen-bond donors (Lipinski definition) is 2. The lowest BCUT2D eigenvalue weighted by Crippen LogP contribution is -2.38. The molecule has 0 saturated carbocycles. The molecule has 1 aromatic carbocycles. The van der Waals surface area contributed by atoms with Gasteiger partial charge in [0.2, 0.25) is 0 Å². The summed E-state index contributed by atoms with van der Waals surface area (Å²) in [7, 11) is 4.77. The van der Waals surface area contributed by atoms with Gasteiger partial charge in [-0.05, 0) is 17.7 Å². The SMILES string of the molecule is COc1ccc(C(NN)C(OC)OC)cc1. The van der Waals surface area contributed by atoms with E-state index in [0.717, 1.165) is 11.3 Å². The van der Waals surface area contributed by atoms with Gasteiger partial charge in [0.1, 0.15) is 5.75 Å². The van der Waals surface area contributed by atoms with E-state index in [9.17, 15) is 0 Å². The largest absolute Gasteiger partial charge is 0.497 e. The fraction of sp³-hybridized carbons (Fsp3) is 0.455. The number of nitrogens with one attached hydrogen (secondary N) is 1. The summed E-state index contributed by atoms with van der Waals surface area (Å²) in [5.41, 5.74) is 3.64. The predicted octanol–water partition coefficient (Wildman–Crippen LogP) is 0.818. The molecule has 5 nitrogen and oxygen atoms in total. The minimum absolute atomic E-state index is 0.221. The van der Waals surface area contributed by atoms with Gasteiger partial charge in [-0.3, -0.25) is 5.84 Å². The zero-order valence-electron chi connectivity index (χ0n) is 9.77. The zero-order valence-corrected chi connectivity index (χ0v) is 9.77. The van der Waals surface area contributed by atoms with E-state index >= 15 is 0 Å². The molecule has 0 saturated heterocycles. The fourth-order valence-corrected chi connectivity index (χ4v) is 1.51. The number of methoxy groups -OCH3 is 3. The minimum atomic E-state index is -0.432. The van der Waals surface area contributed by atoms with Crippen LogP contribution in [-0.2, 0) is 9.47 Å². The number of benzene rings is 1. The number of ether oxygens (including phenoxy) is 3. The normalized spacial score (nSPS) is 12.8. The molecule has 0 amide bonds. The summed E-state index contributed by atoms with van der Waals surface area (Å²) in [4.78, 5) is 0. The Balaban J connectivity index is 2.85. The standard InChI is InChI=1S/C11H18N2O3/c1-14-9-6-4-8(5-7-9)10(13-12)11(15-2)16-3/h4-7,10-11,13H,12H2,1-3H3. The number of nitrogens with two attached hydrogens (primary N) is 1. The van der Waals surface area contributed by atoms with E-state index in [1.165, 1.54) is 0 Å². The molecule has 1 rings (SSSR count). The van der Waals surface area contributed by atoms with Crippen molar-refractivity contribution in [3.63, 3.8) is 0 Å². The maximum Gasteiger partial charge on any atom is 0.177 e. The second-order valence-corrected chi connectivity index (χ2v) is 3.26. The van der Waals surface area contributed by atoms with Gasteiger partial charge < -0.3 is 14.2 Å². The molecule has 0 aliphatic heterocycles. The monoisotopic (exact) mass is 226 g/mol. The molecule has 0 heterocycles. The Morgan fingerprint density at radius 2 is 1.62 bits per heavy atom. The lowest BCUT2D eigenvalue weighted by molar-refractivity contribution is -0.124.